The van der Waals surface area contributed by atoms with Gasteiger partial charge in [-0.05, 0) is 40.7 Å². The van der Waals surface area contributed by atoms with Crippen molar-refractivity contribution in [1.29, 1.82) is 0 Å². The Labute approximate surface area is 179 Å². The van der Waals surface area contributed by atoms with Crippen molar-refractivity contribution in [2.24, 2.45) is 10.4 Å². The average Bonchev–Trinajstić information content (AvgIpc) is 2.57. The molecule has 1 unspecified atom stereocenters. The number of para-hydroxylation sites is 1. The molecule has 7 heteroatoms. The summed E-state index contributed by atoms with van der Waals surface area (Å²) in [5, 5.41) is 9.66. The minimum atomic E-state index is -0.527. The van der Waals surface area contributed by atoms with Crippen LogP contribution in [0.15, 0.2) is 29.3 Å². The Morgan fingerprint density at radius 3 is 2.59 bits per heavy atom. The summed E-state index contributed by atoms with van der Waals surface area (Å²) in [6.45, 7) is 11.1. The number of amides is 1. The minimum Gasteiger partial charge on any atom is -0.487 e. The van der Waals surface area contributed by atoms with E-state index in [1.807, 2.05) is 39.0 Å². The summed E-state index contributed by atoms with van der Waals surface area (Å²) in [7, 11) is 1.74. The number of hydrogen-bond acceptors (Lipinski definition) is 3. The molecule has 0 spiro atoms. The van der Waals surface area contributed by atoms with Gasteiger partial charge in [-0.3, -0.25) is 9.79 Å². The molecule has 1 heterocycles. The van der Waals surface area contributed by atoms with E-state index >= 15 is 0 Å². The van der Waals surface area contributed by atoms with Gasteiger partial charge in [-0.1, -0.05) is 18.2 Å². The zero-order chi connectivity index (χ0) is 19.4. The summed E-state index contributed by atoms with van der Waals surface area (Å²) in [5.74, 6) is 1.61. The highest BCUT2D eigenvalue weighted by Crippen LogP contribution is 2.39. The lowest BCUT2D eigenvalue weighted by Crippen LogP contribution is -2.50. The fourth-order valence-electron chi connectivity index (χ4n) is 3.08. The van der Waals surface area contributed by atoms with Crippen LogP contribution in [-0.4, -0.2) is 37.6 Å². The molecule has 152 valence electrons. The van der Waals surface area contributed by atoms with Gasteiger partial charge < -0.3 is 20.7 Å². The Bertz CT molecular complexity index is 674. The van der Waals surface area contributed by atoms with Crippen LogP contribution in [0.3, 0.4) is 0 Å². The number of ether oxygens (including phenoxy) is 1. The zero-order valence-electron chi connectivity index (χ0n) is 17.2. The molecular weight excluding hydrogens is 455 g/mol. The number of guanidine groups is 1. The van der Waals surface area contributed by atoms with Gasteiger partial charge in [0.2, 0.25) is 5.91 Å². The molecule has 1 aliphatic rings. The minimum absolute atomic E-state index is 0. The highest BCUT2D eigenvalue weighted by atomic mass is 127. The van der Waals surface area contributed by atoms with Crippen molar-refractivity contribution in [2.45, 2.75) is 52.7 Å². The third-order valence-corrected chi connectivity index (χ3v) is 4.56. The molecular formula is C20H33IN4O2. The molecule has 0 saturated heterocycles. The summed E-state index contributed by atoms with van der Waals surface area (Å²) in [6, 6.07) is 8.17. The Hall–Kier alpha value is -1.51. The van der Waals surface area contributed by atoms with Gasteiger partial charge in [-0.2, -0.15) is 0 Å². The van der Waals surface area contributed by atoms with Gasteiger partial charge >= 0.3 is 0 Å². The third kappa shape index (κ3) is 6.26. The standard InChI is InChI=1S/C20H32N4O2.HI/c1-7-22-17(25)19(2,3)13-23-18(21-6)24-15-12-20(4,5)26-16-11-9-8-10-14(15)16;/h8-11,15H,7,12-13H2,1-6H3,(H,22,25)(H2,21,23,24);1H. The maximum atomic E-state index is 12.2. The normalized spacial score (nSPS) is 18.4. The van der Waals surface area contributed by atoms with Crippen LogP contribution < -0.4 is 20.7 Å². The summed E-state index contributed by atoms with van der Waals surface area (Å²) in [4.78, 5) is 16.5. The first-order valence-corrected chi connectivity index (χ1v) is 9.22. The number of nitrogens with one attached hydrogen (secondary N) is 3. The average molecular weight is 488 g/mol. The monoisotopic (exact) mass is 488 g/mol. The molecule has 1 aliphatic heterocycles. The number of benzene rings is 1. The first-order chi connectivity index (χ1) is 12.2. The second-order valence-corrected chi connectivity index (χ2v) is 7.97. The van der Waals surface area contributed by atoms with Gasteiger partial charge in [0.05, 0.1) is 11.5 Å². The van der Waals surface area contributed by atoms with E-state index in [1.165, 1.54) is 0 Å². The van der Waals surface area contributed by atoms with Crippen LogP contribution in [0.25, 0.3) is 0 Å². The molecule has 0 saturated carbocycles. The summed E-state index contributed by atoms with van der Waals surface area (Å²) in [6.07, 6.45) is 0.824. The van der Waals surface area contributed by atoms with Crippen molar-refractivity contribution in [3.63, 3.8) is 0 Å². The fraction of sp³-hybridized carbons (Fsp3) is 0.600. The number of halogens is 1. The summed E-state index contributed by atoms with van der Waals surface area (Å²) >= 11 is 0. The van der Waals surface area contributed by atoms with Crippen LogP contribution in [-0.2, 0) is 4.79 Å². The van der Waals surface area contributed by atoms with Crippen molar-refractivity contribution in [2.75, 3.05) is 20.1 Å². The molecule has 0 bridgehead atoms. The van der Waals surface area contributed by atoms with Crippen LogP contribution in [0, 0.1) is 5.41 Å². The van der Waals surface area contributed by atoms with Crippen LogP contribution in [0.2, 0.25) is 0 Å². The smallest absolute Gasteiger partial charge is 0.227 e. The molecule has 3 N–H and O–H groups in total. The third-order valence-electron chi connectivity index (χ3n) is 4.56. The highest BCUT2D eigenvalue weighted by Gasteiger charge is 2.34. The van der Waals surface area contributed by atoms with Gasteiger partial charge in [0.1, 0.15) is 11.4 Å². The molecule has 27 heavy (non-hydrogen) atoms. The Morgan fingerprint density at radius 1 is 1.30 bits per heavy atom. The molecule has 0 aromatic heterocycles. The van der Waals surface area contributed by atoms with Crippen LogP contribution >= 0.6 is 24.0 Å². The lowest BCUT2D eigenvalue weighted by Gasteiger charge is -2.38. The van der Waals surface area contributed by atoms with Crippen molar-refractivity contribution in [3.05, 3.63) is 29.8 Å². The van der Waals surface area contributed by atoms with Gasteiger partial charge in [0.15, 0.2) is 5.96 Å². The van der Waals surface area contributed by atoms with Crippen LogP contribution in [0.5, 0.6) is 5.75 Å². The molecule has 1 aromatic carbocycles. The van der Waals surface area contributed by atoms with Crippen LogP contribution in [0.1, 0.15) is 52.6 Å². The topological polar surface area (TPSA) is 74.8 Å². The molecule has 6 nitrogen and oxygen atoms in total. The lowest BCUT2D eigenvalue weighted by molar-refractivity contribution is -0.128. The van der Waals surface area contributed by atoms with E-state index < -0.39 is 5.41 Å². The maximum absolute atomic E-state index is 12.2. The van der Waals surface area contributed by atoms with Crippen LogP contribution in [0.4, 0.5) is 0 Å². The number of carbonyl (C=O) groups is 1. The summed E-state index contributed by atoms with van der Waals surface area (Å²) in [5.41, 5.74) is 0.337. The Balaban J connectivity index is 0.00000364. The predicted octanol–water partition coefficient (Wildman–Crippen LogP) is 3.23. The fourth-order valence-corrected chi connectivity index (χ4v) is 3.08. The van der Waals surface area contributed by atoms with E-state index in [1.54, 1.807) is 7.05 Å². The van der Waals surface area contributed by atoms with E-state index in [-0.39, 0.29) is 41.5 Å². The molecule has 2 rings (SSSR count). The number of nitrogens with zero attached hydrogens (tertiary/aromatic N) is 1. The van der Waals surface area contributed by atoms with E-state index in [9.17, 15) is 4.79 Å². The maximum Gasteiger partial charge on any atom is 0.227 e. The van der Waals surface area contributed by atoms with Crippen molar-refractivity contribution in [3.8, 4) is 5.75 Å². The van der Waals surface area contributed by atoms with Gasteiger partial charge in [0, 0.05) is 32.1 Å². The molecule has 1 atom stereocenters. The quantitative estimate of drug-likeness (QED) is 0.338. The number of hydrogen-bond donors (Lipinski definition) is 3. The summed E-state index contributed by atoms with van der Waals surface area (Å²) < 4.78 is 6.08. The first kappa shape index (κ1) is 23.5. The van der Waals surface area contributed by atoms with E-state index in [0.717, 1.165) is 17.7 Å². The Morgan fingerprint density at radius 2 is 1.96 bits per heavy atom. The predicted molar refractivity (Wildman–Crippen MR) is 121 cm³/mol. The SMILES string of the molecule is CCNC(=O)C(C)(C)CNC(=NC)NC1CC(C)(C)Oc2ccccc21.I. The second kappa shape index (κ2) is 9.61. The molecule has 0 radical (unpaired) electrons. The molecule has 1 amide bonds. The van der Waals surface area contributed by atoms with E-state index in [4.69, 9.17) is 4.74 Å². The Kier molecular flexibility index (Phi) is 8.38. The lowest BCUT2D eigenvalue weighted by atomic mass is 9.89. The van der Waals surface area contributed by atoms with Crippen molar-refractivity contribution >= 4 is 35.8 Å². The second-order valence-electron chi connectivity index (χ2n) is 7.97. The zero-order valence-corrected chi connectivity index (χ0v) is 19.5. The van der Waals surface area contributed by atoms with Gasteiger partial charge in [-0.25, -0.2) is 0 Å². The van der Waals surface area contributed by atoms with Crippen molar-refractivity contribution < 1.29 is 9.53 Å². The number of rotatable bonds is 5. The molecule has 0 fully saturated rings. The first-order valence-electron chi connectivity index (χ1n) is 9.22. The van der Waals surface area contributed by atoms with E-state index in [0.29, 0.717) is 19.0 Å². The number of fused-ring (bicyclic) bond motifs is 1. The molecule has 0 aliphatic carbocycles. The largest absolute Gasteiger partial charge is 0.487 e. The van der Waals surface area contributed by atoms with Gasteiger partial charge in [-0.15, -0.1) is 24.0 Å². The van der Waals surface area contributed by atoms with Crippen molar-refractivity contribution in [1.82, 2.24) is 16.0 Å². The van der Waals surface area contributed by atoms with E-state index in [2.05, 4.69) is 40.9 Å². The number of aliphatic imine (C=N–C) groups is 1. The molecule has 1 aromatic rings. The highest BCUT2D eigenvalue weighted by molar-refractivity contribution is 14.0. The number of carbonyl (C=O) groups excluding carboxylic acids is 1. The van der Waals surface area contributed by atoms with Gasteiger partial charge in [0.25, 0.3) is 0 Å².